The van der Waals surface area contributed by atoms with E-state index in [1.165, 1.54) is 6.26 Å². The molecule has 0 bridgehead atoms. The summed E-state index contributed by atoms with van der Waals surface area (Å²) in [6.45, 7) is 2.68. The fraction of sp³-hybridized carbons (Fsp3) is 1.00. The number of rotatable bonds is 6. The molecule has 0 aromatic carbocycles. The van der Waals surface area contributed by atoms with Crippen LogP contribution < -0.4 is 0 Å². The van der Waals surface area contributed by atoms with E-state index in [1.54, 1.807) is 0 Å². The average Bonchev–Trinajstić information content (AvgIpc) is 2.15. The van der Waals surface area contributed by atoms with Crippen LogP contribution in [0.25, 0.3) is 0 Å². The Morgan fingerprint density at radius 3 is 2.76 bits per heavy atom. The van der Waals surface area contributed by atoms with Crippen molar-refractivity contribution in [1.82, 2.24) is 0 Å². The van der Waals surface area contributed by atoms with Crippen LogP contribution in [0.4, 0.5) is 0 Å². The standard InChI is InChI=1S/C12H24O4S/c1-3-5-11-10-12(13,7-8-16-11)6-4-9-17(2,14)15/h11,13H,3-10H2,1-2H3. The Kier molecular flexibility index (Phi) is 5.41. The monoisotopic (exact) mass is 264 g/mol. The summed E-state index contributed by atoms with van der Waals surface area (Å²) >= 11 is 0. The fourth-order valence-corrected chi connectivity index (χ4v) is 3.07. The lowest BCUT2D eigenvalue weighted by Gasteiger charge is -2.37. The van der Waals surface area contributed by atoms with Gasteiger partial charge in [0.25, 0.3) is 0 Å². The Balaban J connectivity index is 2.39. The van der Waals surface area contributed by atoms with Crippen LogP contribution in [-0.2, 0) is 14.6 Å². The third-order valence-corrected chi connectivity index (χ3v) is 4.33. The van der Waals surface area contributed by atoms with Crippen molar-refractivity contribution in [1.29, 1.82) is 0 Å². The molecule has 1 rings (SSSR count). The summed E-state index contributed by atoms with van der Waals surface area (Å²) in [5.74, 6) is 0.161. The van der Waals surface area contributed by atoms with Crippen LogP contribution in [-0.4, -0.2) is 43.8 Å². The lowest BCUT2D eigenvalue weighted by molar-refractivity contribution is -0.109. The van der Waals surface area contributed by atoms with Gasteiger partial charge in [-0.15, -0.1) is 0 Å². The van der Waals surface area contributed by atoms with Gasteiger partial charge in [0.05, 0.1) is 11.7 Å². The van der Waals surface area contributed by atoms with Gasteiger partial charge in [0.2, 0.25) is 0 Å². The largest absolute Gasteiger partial charge is 0.390 e. The highest BCUT2D eigenvalue weighted by molar-refractivity contribution is 7.90. The lowest BCUT2D eigenvalue weighted by Crippen LogP contribution is -2.41. The van der Waals surface area contributed by atoms with Crippen molar-refractivity contribution in [3.8, 4) is 0 Å². The molecule has 0 spiro atoms. The Bertz CT molecular complexity index is 323. The van der Waals surface area contributed by atoms with Gasteiger partial charge in [0.15, 0.2) is 0 Å². The van der Waals surface area contributed by atoms with E-state index in [-0.39, 0.29) is 11.9 Å². The molecule has 2 atom stereocenters. The first-order valence-electron chi connectivity index (χ1n) is 6.36. The molecule has 1 aliphatic rings. The minimum atomic E-state index is -2.92. The molecule has 0 aromatic rings. The van der Waals surface area contributed by atoms with Crippen LogP contribution >= 0.6 is 0 Å². The quantitative estimate of drug-likeness (QED) is 0.790. The van der Waals surface area contributed by atoms with Gasteiger partial charge in [-0.05, 0) is 25.7 Å². The van der Waals surface area contributed by atoms with Gasteiger partial charge < -0.3 is 9.84 Å². The second-order valence-electron chi connectivity index (χ2n) is 5.19. The van der Waals surface area contributed by atoms with Crippen LogP contribution in [0.5, 0.6) is 0 Å². The summed E-state index contributed by atoms with van der Waals surface area (Å²) in [6, 6.07) is 0. The van der Waals surface area contributed by atoms with Gasteiger partial charge in [0, 0.05) is 25.0 Å². The molecule has 2 unspecified atom stereocenters. The maximum absolute atomic E-state index is 11.0. The first kappa shape index (κ1) is 14.9. The molecule has 17 heavy (non-hydrogen) atoms. The highest BCUT2D eigenvalue weighted by atomic mass is 32.2. The SMILES string of the molecule is CCCC1CC(O)(CCCS(C)(=O)=O)CCO1. The number of hydrogen-bond donors (Lipinski definition) is 1. The molecule has 1 saturated heterocycles. The molecule has 4 nitrogen and oxygen atoms in total. The van der Waals surface area contributed by atoms with E-state index in [0.29, 0.717) is 32.3 Å². The fourth-order valence-electron chi connectivity index (χ4n) is 2.40. The molecule has 0 aliphatic carbocycles. The van der Waals surface area contributed by atoms with Crippen molar-refractivity contribution in [2.75, 3.05) is 18.6 Å². The van der Waals surface area contributed by atoms with Crippen LogP contribution in [0.3, 0.4) is 0 Å². The van der Waals surface area contributed by atoms with Crippen molar-refractivity contribution in [2.45, 2.75) is 57.2 Å². The summed E-state index contributed by atoms with van der Waals surface area (Å²) in [5, 5.41) is 10.4. The molecule has 1 fully saturated rings. The van der Waals surface area contributed by atoms with Crippen molar-refractivity contribution < 1.29 is 18.3 Å². The van der Waals surface area contributed by atoms with Gasteiger partial charge in [0.1, 0.15) is 9.84 Å². The van der Waals surface area contributed by atoms with Crippen molar-refractivity contribution in [2.24, 2.45) is 0 Å². The minimum absolute atomic E-state index is 0.136. The summed E-state index contributed by atoms with van der Waals surface area (Å²) in [6.07, 6.45) is 5.75. The predicted molar refractivity (Wildman–Crippen MR) is 67.8 cm³/mol. The highest BCUT2D eigenvalue weighted by Crippen LogP contribution is 2.30. The topological polar surface area (TPSA) is 63.6 Å². The van der Waals surface area contributed by atoms with Gasteiger partial charge in [-0.3, -0.25) is 0 Å². The first-order chi connectivity index (χ1) is 7.85. The molecule has 0 saturated carbocycles. The Labute approximate surface area is 104 Å². The molecular weight excluding hydrogens is 240 g/mol. The molecule has 1 aliphatic heterocycles. The Hall–Kier alpha value is -0.130. The van der Waals surface area contributed by atoms with Gasteiger partial charge in [-0.25, -0.2) is 8.42 Å². The molecule has 5 heteroatoms. The van der Waals surface area contributed by atoms with Crippen molar-refractivity contribution in [3.05, 3.63) is 0 Å². The van der Waals surface area contributed by atoms with Crippen molar-refractivity contribution in [3.63, 3.8) is 0 Å². The highest BCUT2D eigenvalue weighted by Gasteiger charge is 2.34. The Morgan fingerprint density at radius 1 is 1.47 bits per heavy atom. The van der Waals surface area contributed by atoms with E-state index in [0.717, 1.165) is 12.8 Å². The number of hydrogen-bond acceptors (Lipinski definition) is 4. The summed E-state index contributed by atoms with van der Waals surface area (Å²) in [4.78, 5) is 0. The van der Waals surface area contributed by atoms with Gasteiger partial charge in [-0.1, -0.05) is 13.3 Å². The minimum Gasteiger partial charge on any atom is -0.390 e. The maximum atomic E-state index is 11.0. The first-order valence-corrected chi connectivity index (χ1v) is 8.42. The van der Waals surface area contributed by atoms with Crippen LogP contribution in [0.2, 0.25) is 0 Å². The number of aliphatic hydroxyl groups is 1. The molecule has 1 N–H and O–H groups in total. The number of ether oxygens (including phenoxy) is 1. The van der Waals surface area contributed by atoms with E-state index in [1.807, 2.05) is 0 Å². The lowest BCUT2D eigenvalue weighted by atomic mass is 9.85. The molecule has 1 heterocycles. The number of sulfone groups is 1. The van der Waals surface area contributed by atoms with E-state index >= 15 is 0 Å². The van der Waals surface area contributed by atoms with Crippen LogP contribution in [0.1, 0.15) is 45.4 Å². The summed E-state index contributed by atoms with van der Waals surface area (Å²) in [7, 11) is -2.92. The normalized spacial score (nSPS) is 30.4. The van der Waals surface area contributed by atoms with E-state index in [9.17, 15) is 13.5 Å². The third kappa shape index (κ3) is 5.84. The van der Waals surface area contributed by atoms with Crippen molar-refractivity contribution >= 4 is 9.84 Å². The predicted octanol–water partition coefficient (Wildman–Crippen LogP) is 1.52. The summed E-state index contributed by atoms with van der Waals surface area (Å²) in [5.41, 5.74) is -0.719. The smallest absolute Gasteiger partial charge is 0.147 e. The Morgan fingerprint density at radius 2 is 2.18 bits per heavy atom. The zero-order valence-electron chi connectivity index (χ0n) is 10.8. The molecule has 0 amide bonds. The second kappa shape index (κ2) is 6.16. The third-order valence-electron chi connectivity index (χ3n) is 3.30. The van der Waals surface area contributed by atoms with Crippen LogP contribution in [0, 0.1) is 0 Å². The van der Waals surface area contributed by atoms with Gasteiger partial charge >= 0.3 is 0 Å². The second-order valence-corrected chi connectivity index (χ2v) is 7.45. The zero-order valence-corrected chi connectivity index (χ0v) is 11.6. The maximum Gasteiger partial charge on any atom is 0.147 e. The zero-order chi connectivity index (χ0) is 12.9. The van der Waals surface area contributed by atoms with E-state index in [2.05, 4.69) is 6.92 Å². The molecule has 102 valence electrons. The van der Waals surface area contributed by atoms with Crippen LogP contribution in [0.15, 0.2) is 0 Å². The summed E-state index contributed by atoms with van der Waals surface area (Å²) < 4.78 is 27.7. The molecule has 0 radical (unpaired) electrons. The molecular formula is C12H24O4S. The van der Waals surface area contributed by atoms with E-state index in [4.69, 9.17) is 4.74 Å². The van der Waals surface area contributed by atoms with Gasteiger partial charge in [-0.2, -0.15) is 0 Å². The molecule has 0 aromatic heterocycles. The average molecular weight is 264 g/mol. The van der Waals surface area contributed by atoms with E-state index < -0.39 is 15.4 Å².